The predicted octanol–water partition coefficient (Wildman–Crippen LogP) is 1.38. The van der Waals surface area contributed by atoms with Gasteiger partial charge in [0.05, 0.1) is 12.8 Å². The average molecular weight is 203 g/mol. The van der Waals surface area contributed by atoms with Crippen molar-refractivity contribution in [3.8, 4) is 5.82 Å². The Morgan fingerprint density at radius 3 is 2.80 bits per heavy atom. The number of aromatic nitrogens is 3. The van der Waals surface area contributed by atoms with Crippen LogP contribution in [0.2, 0.25) is 0 Å². The molecular weight excluding hydrogens is 190 g/mol. The Kier molecular flexibility index (Phi) is 2.51. The molecule has 0 aromatic carbocycles. The van der Waals surface area contributed by atoms with Gasteiger partial charge in [-0.15, -0.1) is 0 Å². The van der Waals surface area contributed by atoms with Crippen LogP contribution >= 0.6 is 0 Å². The maximum atomic E-state index is 9.06. The van der Waals surface area contributed by atoms with Gasteiger partial charge in [-0.05, 0) is 31.5 Å². The second kappa shape index (κ2) is 3.82. The van der Waals surface area contributed by atoms with Crippen LogP contribution in [0.25, 0.3) is 5.82 Å². The van der Waals surface area contributed by atoms with Gasteiger partial charge < -0.3 is 5.11 Å². The fourth-order valence-electron chi connectivity index (χ4n) is 1.47. The van der Waals surface area contributed by atoms with Crippen LogP contribution < -0.4 is 0 Å². The summed E-state index contributed by atoms with van der Waals surface area (Å²) in [7, 11) is 0. The lowest BCUT2D eigenvalue weighted by molar-refractivity contribution is 0.281. The molecule has 0 aliphatic rings. The lowest BCUT2D eigenvalue weighted by Gasteiger charge is -2.04. The van der Waals surface area contributed by atoms with E-state index in [-0.39, 0.29) is 6.61 Å². The molecular formula is C11H13N3O. The lowest BCUT2D eigenvalue weighted by Crippen LogP contribution is -2.02. The molecule has 0 unspecified atom stereocenters. The van der Waals surface area contributed by atoms with Crippen molar-refractivity contribution >= 4 is 0 Å². The molecule has 0 spiro atoms. The van der Waals surface area contributed by atoms with Gasteiger partial charge >= 0.3 is 0 Å². The molecule has 0 fully saturated rings. The van der Waals surface area contributed by atoms with E-state index in [0.29, 0.717) is 0 Å². The largest absolute Gasteiger partial charge is 0.392 e. The van der Waals surface area contributed by atoms with Crippen molar-refractivity contribution in [2.45, 2.75) is 20.5 Å². The molecule has 15 heavy (non-hydrogen) atoms. The molecule has 0 bridgehead atoms. The minimum absolute atomic E-state index is 0.0116. The van der Waals surface area contributed by atoms with Crippen molar-refractivity contribution in [3.05, 3.63) is 41.3 Å². The first kappa shape index (κ1) is 9.86. The Morgan fingerprint density at radius 2 is 2.20 bits per heavy atom. The van der Waals surface area contributed by atoms with Crippen molar-refractivity contribution in [3.63, 3.8) is 0 Å². The van der Waals surface area contributed by atoms with E-state index >= 15 is 0 Å². The van der Waals surface area contributed by atoms with Gasteiger partial charge in [0.25, 0.3) is 0 Å². The topological polar surface area (TPSA) is 50.9 Å². The van der Waals surface area contributed by atoms with Crippen molar-refractivity contribution in [2.24, 2.45) is 0 Å². The number of aryl methyl sites for hydroxylation is 1. The van der Waals surface area contributed by atoms with Crippen molar-refractivity contribution in [1.82, 2.24) is 14.8 Å². The Balaban J connectivity index is 2.49. The molecule has 2 rings (SSSR count). The zero-order valence-electron chi connectivity index (χ0n) is 8.81. The number of pyridine rings is 1. The smallest absolute Gasteiger partial charge is 0.153 e. The van der Waals surface area contributed by atoms with Crippen LogP contribution in [0, 0.1) is 13.8 Å². The zero-order valence-corrected chi connectivity index (χ0v) is 8.81. The Morgan fingerprint density at radius 1 is 1.40 bits per heavy atom. The summed E-state index contributed by atoms with van der Waals surface area (Å²) < 4.78 is 1.73. The maximum Gasteiger partial charge on any atom is 0.153 e. The Hall–Kier alpha value is -1.68. The maximum absolute atomic E-state index is 9.06. The number of hydrogen-bond acceptors (Lipinski definition) is 3. The first-order chi connectivity index (χ1) is 7.22. The highest BCUT2D eigenvalue weighted by molar-refractivity contribution is 5.30. The predicted molar refractivity (Wildman–Crippen MR) is 56.8 cm³/mol. The van der Waals surface area contributed by atoms with Gasteiger partial charge in [0, 0.05) is 17.5 Å². The van der Waals surface area contributed by atoms with Gasteiger partial charge in [0.15, 0.2) is 5.82 Å². The first-order valence-electron chi connectivity index (χ1n) is 4.80. The zero-order chi connectivity index (χ0) is 10.8. The molecule has 78 valence electrons. The second-order valence-corrected chi connectivity index (χ2v) is 3.52. The first-order valence-corrected chi connectivity index (χ1v) is 4.80. The third kappa shape index (κ3) is 1.76. The fraction of sp³-hybridized carbons (Fsp3) is 0.273. The van der Waals surface area contributed by atoms with Crippen LogP contribution in [0.1, 0.15) is 16.8 Å². The van der Waals surface area contributed by atoms with Crippen LogP contribution in [0.15, 0.2) is 24.5 Å². The lowest BCUT2D eigenvalue weighted by atomic mass is 10.2. The summed E-state index contributed by atoms with van der Waals surface area (Å²) in [6, 6.07) is 3.90. The van der Waals surface area contributed by atoms with Crippen LogP contribution in [0.4, 0.5) is 0 Å². The van der Waals surface area contributed by atoms with E-state index in [9.17, 15) is 0 Å². The number of aliphatic hydroxyl groups excluding tert-OH is 1. The molecule has 0 radical (unpaired) electrons. The van der Waals surface area contributed by atoms with Gasteiger partial charge in [-0.3, -0.25) is 0 Å². The summed E-state index contributed by atoms with van der Waals surface area (Å²) in [6.45, 7) is 3.94. The molecule has 0 amide bonds. The number of rotatable bonds is 2. The van der Waals surface area contributed by atoms with Gasteiger partial charge in [-0.25, -0.2) is 9.67 Å². The van der Waals surface area contributed by atoms with Crippen LogP contribution in [0.3, 0.4) is 0 Å². The highest BCUT2D eigenvalue weighted by Crippen LogP contribution is 2.12. The monoisotopic (exact) mass is 203 g/mol. The molecule has 4 nitrogen and oxygen atoms in total. The van der Waals surface area contributed by atoms with Crippen molar-refractivity contribution in [1.29, 1.82) is 0 Å². The van der Waals surface area contributed by atoms with E-state index in [1.807, 2.05) is 26.0 Å². The summed E-state index contributed by atoms with van der Waals surface area (Å²) in [5, 5.41) is 13.3. The average Bonchev–Trinajstić information content (AvgIpc) is 2.59. The van der Waals surface area contributed by atoms with Gasteiger partial charge in [0.2, 0.25) is 0 Å². The quantitative estimate of drug-likeness (QED) is 0.802. The van der Waals surface area contributed by atoms with Crippen LogP contribution in [0.5, 0.6) is 0 Å². The van der Waals surface area contributed by atoms with E-state index in [0.717, 1.165) is 22.6 Å². The molecule has 2 aromatic heterocycles. The van der Waals surface area contributed by atoms with E-state index < -0.39 is 0 Å². The highest BCUT2D eigenvalue weighted by atomic mass is 16.3. The third-order valence-corrected chi connectivity index (χ3v) is 2.40. The van der Waals surface area contributed by atoms with Gasteiger partial charge in [-0.2, -0.15) is 5.10 Å². The summed E-state index contributed by atoms with van der Waals surface area (Å²) in [4.78, 5) is 4.24. The van der Waals surface area contributed by atoms with Crippen LogP contribution in [-0.4, -0.2) is 19.9 Å². The molecule has 2 aromatic rings. The molecule has 0 aliphatic carbocycles. The number of aliphatic hydroxyl groups is 1. The molecule has 0 atom stereocenters. The summed E-state index contributed by atoms with van der Waals surface area (Å²) in [6.07, 6.45) is 3.42. The highest BCUT2D eigenvalue weighted by Gasteiger charge is 2.07. The Labute approximate surface area is 88.2 Å². The minimum atomic E-state index is 0.0116. The summed E-state index contributed by atoms with van der Waals surface area (Å²) in [5.41, 5.74) is 2.90. The van der Waals surface area contributed by atoms with Crippen molar-refractivity contribution in [2.75, 3.05) is 0 Å². The van der Waals surface area contributed by atoms with Crippen molar-refractivity contribution < 1.29 is 5.11 Å². The summed E-state index contributed by atoms with van der Waals surface area (Å²) >= 11 is 0. The van der Waals surface area contributed by atoms with Gasteiger partial charge in [0.1, 0.15) is 0 Å². The SMILES string of the molecule is Cc1ccnc(-n2ncc(CO)c2C)c1. The molecule has 2 heterocycles. The molecule has 0 saturated heterocycles. The van der Waals surface area contributed by atoms with E-state index in [1.54, 1.807) is 17.1 Å². The van der Waals surface area contributed by atoms with Crippen LogP contribution in [-0.2, 0) is 6.61 Å². The second-order valence-electron chi connectivity index (χ2n) is 3.52. The van der Waals surface area contributed by atoms with E-state index in [2.05, 4.69) is 10.1 Å². The minimum Gasteiger partial charge on any atom is -0.392 e. The van der Waals surface area contributed by atoms with E-state index in [1.165, 1.54) is 0 Å². The fourth-order valence-corrected chi connectivity index (χ4v) is 1.47. The Bertz CT molecular complexity index is 476. The third-order valence-electron chi connectivity index (χ3n) is 2.40. The number of nitrogens with zero attached hydrogens (tertiary/aromatic N) is 3. The normalized spacial score (nSPS) is 10.6. The molecule has 1 N–H and O–H groups in total. The van der Waals surface area contributed by atoms with Gasteiger partial charge in [-0.1, -0.05) is 0 Å². The molecule has 0 aliphatic heterocycles. The standard InChI is InChI=1S/C11H13N3O/c1-8-3-4-12-11(5-8)14-9(2)10(7-15)6-13-14/h3-6,15H,7H2,1-2H3. The molecule has 0 saturated carbocycles. The summed E-state index contributed by atoms with van der Waals surface area (Å²) in [5.74, 6) is 0.784. The number of hydrogen-bond donors (Lipinski definition) is 1. The van der Waals surface area contributed by atoms with E-state index in [4.69, 9.17) is 5.11 Å². The molecule has 4 heteroatoms.